The quantitative estimate of drug-likeness (QED) is 0.848. The van der Waals surface area contributed by atoms with Crippen molar-refractivity contribution in [3.05, 3.63) is 69.2 Å². The molecule has 0 saturated heterocycles. The van der Waals surface area contributed by atoms with Crippen LogP contribution >= 0.6 is 15.9 Å². The highest BCUT2D eigenvalue weighted by atomic mass is 79.9. The van der Waals surface area contributed by atoms with Crippen LogP contribution in [0, 0.1) is 18.6 Å². The monoisotopic (exact) mass is 339 g/mol. The Bertz CT molecular complexity index is 613. The van der Waals surface area contributed by atoms with Crippen LogP contribution in [0.1, 0.15) is 29.7 Å². The molecule has 1 nitrogen and oxygen atoms in total. The molecule has 0 saturated carbocycles. The summed E-state index contributed by atoms with van der Waals surface area (Å²) in [6.45, 7) is 4.72. The van der Waals surface area contributed by atoms with Gasteiger partial charge in [-0.25, -0.2) is 8.78 Å². The lowest BCUT2D eigenvalue weighted by Crippen LogP contribution is -2.23. The van der Waals surface area contributed by atoms with Crippen molar-refractivity contribution in [3.8, 4) is 0 Å². The maximum absolute atomic E-state index is 13.5. The van der Waals surface area contributed by atoms with Crippen molar-refractivity contribution in [2.75, 3.05) is 6.54 Å². The summed E-state index contributed by atoms with van der Waals surface area (Å²) in [6, 6.07) is 9.78. The van der Waals surface area contributed by atoms with E-state index in [1.807, 2.05) is 32.0 Å². The van der Waals surface area contributed by atoms with Gasteiger partial charge in [0, 0.05) is 4.47 Å². The summed E-state index contributed by atoms with van der Waals surface area (Å²) in [5.74, 6) is -1.65. The van der Waals surface area contributed by atoms with Gasteiger partial charge in [-0.2, -0.15) is 0 Å². The second-order valence-electron chi connectivity index (χ2n) is 4.62. The lowest BCUT2D eigenvalue weighted by atomic mass is 9.95. The van der Waals surface area contributed by atoms with Gasteiger partial charge in [-0.3, -0.25) is 0 Å². The second kappa shape index (κ2) is 6.46. The predicted molar refractivity (Wildman–Crippen MR) is 80.8 cm³/mol. The Kier molecular flexibility index (Phi) is 4.89. The zero-order valence-electron chi connectivity index (χ0n) is 11.4. The first-order valence-electron chi connectivity index (χ1n) is 6.48. The highest BCUT2D eigenvalue weighted by Gasteiger charge is 2.17. The molecule has 2 aromatic rings. The minimum atomic E-state index is -0.824. The van der Waals surface area contributed by atoms with Gasteiger partial charge in [0.15, 0.2) is 11.6 Å². The third-order valence-corrected chi connectivity index (χ3v) is 4.16. The number of nitrogens with one attached hydrogen (secondary N) is 1. The molecule has 106 valence electrons. The van der Waals surface area contributed by atoms with Crippen molar-refractivity contribution in [2.45, 2.75) is 19.9 Å². The number of hydrogen-bond donors (Lipinski definition) is 1. The van der Waals surface area contributed by atoms with Gasteiger partial charge in [0.25, 0.3) is 0 Å². The van der Waals surface area contributed by atoms with Gasteiger partial charge in [0.1, 0.15) is 0 Å². The largest absolute Gasteiger partial charge is 0.307 e. The molecular formula is C16H16BrF2N. The first-order chi connectivity index (χ1) is 9.54. The summed E-state index contributed by atoms with van der Waals surface area (Å²) < 4.78 is 27.6. The van der Waals surface area contributed by atoms with Gasteiger partial charge in [-0.05, 0) is 48.4 Å². The van der Waals surface area contributed by atoms with Crippen LogP contribution < -0.4 is 5.32 Å². The molecule has 2 aromatic carbocycles. The van der Waals surface area contributed by atoms with E-state index < -0.39 is 11.6 Å². The first-order valence-corrected chi connectivity index (χ1v) is 7.27. The third kappa shape index (κ3) is 3.07. The number of benzene rings is 2. The van der Waals surface area contributed by atoms with E-state index >= 15 is 0 Å². The maximum atomic E-state index is 13.5. The van der Waals surface area contributed by atoms with Crippen molar-refractivity contribution < 1.29 is 8.78 Å². The Morgan fingerprint density at radius 1 is 1.15 bits per heavy atom. The van der Waals surface area contributed by atoms with Crippen molar-refractivity contribution in [1.82, 2.24) is 5.32 Å². The first kappa shape index (κ1) is 15.1. The SMILES string of the molecule is CCNC(c1ccc(F)c(F)c1)c1cccc(Br)c1C. The Morgan fingerprint density at radius 2 is 1.90 bits per heavy atom. The van der Waals surface area contributed by atoms with E-state index in [0.29, 0.717) is 5.56 Å². The second-order valence-corrected chi connectivity index (χ2v) is 5.47. The average Bonchev–Trinajstić information content (AvgIpc) is 2.43. The average molecular weight is 340 g/mol. The van der Waals surface area contributed by atoms with Crippen LogP contribution in [0.15, 0.2) is 40.9 Å². The molecule has 0 bridgehead atoms. The number of hydrogen-bond acceptors (Lipinski definition) is 1. The summed E-state index contributed by atoms with van der Waals surface area (Å²) in [5.41, 5.74) is 2.85. The van der Waals surface area contributed by atoms with Gasteiger partial charge < -0.3 is 5.32 Å². The van der Waals surface area contributed by atoms with Gasteiger partial charge >= 0.3 is 0 Å². The topological polar surface area (TPSA) is 12.0 Å². The molecule has 4 heteroatoms. The van der Waals surface area contributed by atoms with Crippen LogP contribution in [0.4, 0.5) is 8.78 Å². The molecule has 2 rings (SSSR count). The summed E-state index contributed by atoms with van der Waals surface area (Å²) in [5, 5.41) is 3.32. The van der Waals surface area contributed by atoms with Crippen molar-refractivity contribution >= 4 is 15.9 Å². The van der Waals surface area contributed by atoms with Gasteiger partial charge in [0.05, 0.1) is 6.04 Å². The summed E-state index contributed by atoms with van der Waals surface area (Å²) in [6.07, 6.45) is 0. The number of rotatable bonds is 4. The zero-order valence-corrected chi connectivity index (χ0v) is 13.0. The van der Waals surface area contributed by atoms with Crippen LogP contribution in [0.3, 0.4) is 0 Å². The lowest BCUT2D eigenvalue weighted by molar-refractivity contribution is 0.503. The van der Waals surface area contributed by atoms with Crippen LogP contribution in [0.5, 0.6) is 0 Å². The van der Waals surface area contributed by atoms with E-state index in [9.17, 15) is 8.78 Å². The van der Waals surface area contributed by atoms with Crippen molar-refractivity contribution in [3.63, 3.8) is 0 Å². The molecule has 20 heavy (non-hydrogen) atoms. The Hall–Kier alpha value is -1.26. The van der Waals surface area contributed by atoms with Gasteiger partial charge in [-0.15, -0.1) is 0 Å². The molecule has 1 unspecified atom stereocenters. The molecule has 0 heterocycles. The van der Waals surface area contributed by atoms with E-state index in [1.54, 1.807) is 6.07 Å². The van der Waals surface area contributed by atoms with Gasteiger partial charge in [0.2, 0.25) is 0 Å². The Labute approximate surface area is 126 Å². The van der Waals surface area contributed by atoms with Crippen LogP contribution in [-0.2, 0) is 0 Å². The van der Waals surface area contributed by atoms with Crippen LogP contribution in [0.2, 0.25) is 0 Å². The molecule has 1 atom stereocenters. The van der Waals surface area contributed by atoms with E-state index in [2.05, 4.69) is 21.2 Å². The smallest absolute Gasteiger partial charge is 0.159 e. The Balaban J connectivity index is 2.50. The Morgan fingerprint density at radius 3 is 2.55 bits per heavy atom. The molecule has 0 amide bonds. The van der Waals surface area contributed by atoms with Crippen LogP contribution in [0.25, 0.3) is 0 Å². The highest BCUT2D eigenvalue weighted by Crippen LogP contribution is 2.29. The fourth-order valence-electron chi connectivity index (χ4n) is 2.24. The van der Waals surface area contributed by atoms with E-state index in [1.165, 1.54) is 12.1 Å². The van der Waals surface area contributed by atoms with Gasteiger partial charge in [-0.1, -0.05) is 41.1 Å². The predicted octanol–water partition coefficient (Wildman–Crippen LogP) is 4.73. The minimum Gasteiger partial charge on any atom is -0.307 e. The maximum Gasteiger partial charge on any atom is 0.159 e. The summed E-state index contributed by atoms with van der Waals surface area (Å²) >= 11 is 3.50. The summed E-state index contributed by atoms with van der Waals surface area (Å²) in [7, 11) is 0. The zero-order chi connectivity index (χ0) is 14.7. The van der Waals surface area contributed by atoms with E-state index in [0.717, 1.165) is 22.1 Å². The normalized spacial score (nSPS) is 12.4. The molecule has 0 aromatic heterocycles. The molecule has 0 radical (unpaired) electrons. The van der Waals surface area contributed by atoms with E-state index in [-0.39, 0.29) is 6.04 Å². The molecule has 0 spiro atoms. The minimum absolute atomic E-state index is 0.160. The molecule has 1 N–H and O–H groups in total. The standard InChI is InChI=1S/C16H16BrF2N/c1-3-20-16(11-7-8-14(18)15(19)9-11)12-5-4-6-13(17)10(12)2/h4-9,16,20H,3H2,1-2H3. The molecule has 0 aliphatic carbocycles. The fraction of sp³-hybridized carbons (Fsp3) is 0.250. The molecule has 0 fully saturated rings. The lowest BCUT2D eigenvalue weighted by Gasteiger charge is -2.21. The van der Waals surface area contributed by atoms with Crippen molar-refractivity contribution in [2.24, 2.45) is 0 Å². The highest BCUT2D eigenvalue weighted by molar-refractivity contribution is 9.10. The molecule has 0 aliphatic heterocycles. The molecular weight excluding hydrogens is 324 g/mol. The van der Waals surface area contributed by atoms with Crippen LogP contribution in [-0.4, -0.2) is 6.54 Å². The van der Waals surface area contributed by atoms with Crippen molar-refractivity contribution in [1.29, 1.82) is 0 Å². The fourth-order valence-corrected chi connectivity index (χ4v) is 2.62. The molecule has 0 aliphatic rings. The number of halogens is 3. The third-order valence-electron chi connectivity index (χ3n) is 3.31. The summed E-state index contributed by atoms with van der Waals surface area (Å²) in [4.78, 5) is 0. The van der Waals surface area contributed by atoms with E-state index in [4.69, 9.17) is 0 Å².